The van der Waals surface area contributed by atoms with Crippen molar-refractivity contribution in [2.75, 3.05) is 32.1 Å². The monoisotopic (exact) mass is 388 g/mol. The van der Waals surface area contributed by atoms with E-state index in [1.807, 2.05) is 30.3 Å². The van der Waals surface area contributed by atoms with Crippen molar-refractivity contribution in [3.63, 3.8) is 0 Å². The van der Waals surface area contributed by atoms with Crippen molar-refractivity contribution in [3.8, 4) is 0 Å². The molecule has 7 heteroatoms. The molecular formula is C20H24N2O4S. The number of anilines is 1. The number of carbonyl (C=O) groups is 1. The Bertz CT molecular complexity index is 876. The summed E-state index contributed by atoms with van der Waals surface area (Å²) in [6.45, 7) is 1.02. The molecule has 27 heavy (non-hydrogen) atoms. The number of sulfonamides is 1. The lowest BCUT2D eigenvalue weighted by Crippen LogP contribution is -2.34. The third kappa shape index (κ3) is 4.37. The van der Waals surface area contributed by atoms with Crippen molar-refractivity contribution >= 4 is 21.6 Å². The van der Waals surface area contributed by atoms with E-state index < -0.39 is 10.0 Å². The van der Waals surface area contributed by atoms with Crippen LogP contribution >= 0.6 is 0 Å². The summed E-state index contributed by atoms with van der Waals surface area (Å²) in [5.74, 6) is -0.196. The van der Waals surface area contributed by atoms with Gasteiger partial charge >= 0.3 is 0 Å². The van der Waals surface area contributed by atoms with Crippen molar-refractivity contribution in [2.45, 2.75) is 23.8 Å². The largest absolute Gasteiger partial charge is 0.377 e. The summed E-state index contributed by atoms with van der Waals surface area (Å²) >= 11 is 0. The highest BCUT2D eigenvalue weighted by molar-refractivity contribution is 7.89. The summed E-state index contributed by atoms with van der Waals surface area (Å²) in [5.41, 5.74) is 1.21. The van der Waals surface area contributed by atoms with Crippen LogP contribution in [0.25, 0.3) is 0 Å². The minimum Gasteiger partial charge on any atom is -0.377 e. The fraction of sp³-hybridized carbons (Fsp3) is 0.350. The Balaban J connectivity index is 1.73. The van der Waals surface area contributed by atoms with Gasteiger partial charge in [0.15, 0.2) is 0 Å². The van der Waals surface area contributed by atoms with Crippen molar-refractivity contribution in [1.29, 1.82) is 0 Å². The van der Waals surface area contributed by atoms with Gasteiger partial charge in [-0.3, -0.25) is 4.79 Å². The second-order valence-electron chi connectivity index (χ2n) is 6.64. The molecule has 3 rings (SSSR count). The van der Waals surface area contributed by atoms with Crippen LogP contribution in [0.15, 0.2) is 59.5 Å². The van der Waals surface area contributed by atoms with Gasteiger partial charge in [0.05, 0.1) is 11.0 Å². The third-order valence-electron chi connectivity index (χ3n) is 4.74. The molecule has 2 aromatic rings. The van der Waals surface area contributed by atoms with E-state index in [-0.39, 0.29) is 16.9 Å². The molecule has 1 amide bonds. The van der Waals surface area contributed by atoms with Gasteiger partial charge < -0.3 is 9.64 Å². The van der Waals surface area contributed by atoms with Crippen molar-refractivity contribution < 1.29 is 17.9 Å². The topological polar surface area (TPSA) is 66.9 Å². The molecule has 0 bridgehead atoms. The molecule has 0 aromatic heterocycles. The summed E-state index contributed by atoms with van der Waals surface area (Å²) in [7, 11) is -0.366. The molecule has 1 atom stereocenters. The molecule has 0 radical (unpaired) electrons. The van der Waals surface area contributed by atoms with Gasteiger partial charge in [-0.05, 0) is 49.2 Å². The lowest BCUT2D eigenvalue weighted by molar-refractivity contribution is 0.0979. The van der Waals surface area contributed by atoms with Gasteiger partial charge in [0.1, 0.15) is 0 Å². The Hall–Kier alpha value is -2.22. The van der Waals surface area contributed by atoms with Gasteiger partial charge in [-0.25, -0.2) is 8.42 Å². The van der Waals surface area contributed by atoms with Gasteiger partial charge in [0.2, 0.25) is 10.0 Å². The first-order valence-corrected chi connectivity index (χ1v) is 10.3. The molecular weight excluding hydrogens is 364 g/mol. The summed E-state index contributed by atoms with van der Waals surface area (Å²) in [6.07, 6.45) is 1.79. The van der Waals surface area contributed by atoms with Gasteiger partial charge in [-0.15, -0.1) is 0 Å². The van der Waals surface area contributed by atoms with E-state index in [0.717, 1.165) is 18.5 Å². The van der Waals surface area contributed by atoms with Crippen LogP contribution in [0.4, 0.5) is 5.69 Å². The summed E-state index contributed by atoms with van der Waals surface area (Å²) in [6, 6.07) is 15.4. The van der Waals surface area contributed by atoms with Crippen LogP contribution in [0.2, 0.25) is 0 Å². The van der Waals surface area contributed by atoms with Gasteiger partial charge in [-0.2, -0.15) is 4.31 Å². The van der Waals surface area contributed by atoms with E-state index >= 15 is 0 Å². The molecule has 1 aliphatic rings. The highest BCUT2D eigenvalue weighted by Gasteiger charge is 2.26. The Morgan fingerprint density at radius 2 is 1.74 bits per heavy atom. The maximum absolute atomic E-state index is 12.7. The van der Waals surface area contributed by atoms with Crippen LogP contribution in [0, 0.1) is 0 Å². The van der Waals surface area contributed by atoms with Crippen molar-refractivity contribution in [1.82, 2.24) is 4.31 Å². The molecule has 144 valence electrons. The summed E-state index contributed by atoms with van der Waals surface area (Å²) < 4.78 is 32.3. The fourth-order valence-corrected chi connectivity index (χ4v) is 4.29. The lowest BCUT2D eigenvalue weighted by Gasteiger charge is -2.21. The summed E-state index contributed by atoms with van der Waals surface area (Å²) in [5, 5.41) is 0. The minimum absolute atomic E-state index is 0.0508. The zero-order valence-electron chi connectivity index (χ0n) is 15.5. The van der Waals surface area contributed by atoms with Crippen LogP contribution < -0.4 is 4.90 Å². The zero-order valence-corrected chi connectivity index (χ0v) is 16.4. The molecule has 2 aromatic carbocycles. The number of amides is 1. The normalized spacial score (nSPS) is 17.2. The maximum atomic E-state index is 12.7. The molecule has 1 unspecified atom stereocenters. The smallest absolute Gasteiger partial charge is 0.258 e. The van der Waals surface area contributed by atoms with Gasteiger partial charge in [0.25, 0.3) is 5.91 Å². The van der Waals surface area contributed by atoms with E-state index in [1.54, 1.807) is 26.2 Å². The maximum Gasteiger partial charge on any atom is 0.258 e. The number of hydrogen-bond acceptors (Lipinski definition) is 4. The highest BCUT2D eigenvalue weighted by Crippen LogP contribution is 2.20. The standard InChI is InChI=1S/C20H24N2O4S/c1-21(15-18-9-6-14-26-18)27(24,25)19-12-10-16(11-13-19)20(23)22(2)17-7-4-3-5-8-17/h3-5,7-8,10-13,18H,6,9,14-15H2,1-2H3. The van der Waals surface area contributed by atoms with Crippen molar-refractivity contribution in [2.24, 2.45) is 0 Å². The van der Waals surface area contributed by atoms with E-state index in [1.165, 1.54) is 21.3 Å². The molecule has 0 aliphatic carbocycles. The first kappa shape index (κ1) is 19.5. The molecule has 0 saturated carbocycles. The fourth-order valence-electron chi connectivity index (χ4n) is 3.09. The third-order valence-corrected chi connectivity index (χ3v) is 6.58. The molecule has 1 saturated heterocycles. The predicted molar refractivity (Wildman–Crippen MR) is 104 cm³/mol. The Morgan fingerprint density at radius 1 is 1.07 bits per heavy atom. The Labute approximate surface area is 160 Å². The van der Waals surface area contributed by atoms with E-state index in [4.69, 9.17) is 4.74 Å². The molecule has 0 spiro atoms. The van der Waals surface area contributed by atoms with E-state index in [9.17, 15) is 13.2 Å². The molecule has 0 N–H and O–H groups in total. The number of nitrogens with zero attached hydrogens (tertiary/aromatic N) is 2. The van der Waals surface area contributed by atoms with Crippen molar-refractivity contribution in [3.05, 3.63) is 60.2 Å². The molecule has 1 heterocycles. The Kier molecular flexibility index (Phi) is 5.94. The number of carbonyl (C=O) groups excluding carboxylic acids is 1. The number of rotatable bonds is 6. The average molecular weight is 388 g/mol. The van der Waals surface area contributed by atoms with Crippen LogP contribution in [0.5, 0.6) is 0 Å². The second kappa shape index (κ2) is 8.21. The number of likely N-dealkylation sites (N-methyl/N-ethyl adjacent to an activating group) is 1. The molecule has 6 nitrogen and oxygen atoms in total. The number of benzene rings is 2. The van der Waals surface area contributed by atoms with E-state index in [0.29, 0.717) is 18.7 Å². The first-order chi connectivity index (χ1) is 12.9. The summed E-state index contributed by atoms with van der Waals surface area (Å²) in [4.78, 5) is 14.3. The van der Waals surface area contributed by atoms with Crippen LogP contribution in [-0.2, 0) is 14.8 Å². The first-order valence-electron chi connectivity index (χ1n) is 8.90. The predicted octanol–water partition coefficient (Wildman–Crippen LogP) is 2.76. The second-order valence-corrected chi connectivity index (χ2v) is 8.69. The highest BCUT2D eigenvalue weighted by atomic mass is 32.2. The van der Waals surface area contributed by atoms with Crippen LogP contribution in [-0.4, -0.2) is 52.0 Å². The quantitative estimate of drug-likeness (QED) is 0.763. The zero-order chi connectivity index (χ0) is 19.4. The average Bonchev–Trinajstić information content (AvgIpc) is 3.20. The molecule has 1 fully saturated rings. The van der Waals surface area contributed by atoms with Crippen LogP contribution in [0.1, 0.15) is 23.2 Å². The molecule has 1 aliphatic heterocycles. The number of para-hydroxylation sites is 1. The van der Waals surface area contributed by atoms with Gasteiger partial charge in [0, 0.05) is 38.5 Å². The minimum atomic E-state index is -3.61. The Morgan fingerprint density at radius 3 is 2.33 bits per heavy atom. The number of ether oxygens (including phenoxy) is 1. The van der Waals surface area contributed by atoms with Crippen LogP contribution in [0.3, 0.4) is 0 Å². The number of hydrogen-bond donors (Lipinski definition) is 0. The van der Waals surface area contributed by atoms with Gasteiger partial charge in [-0.1, -0.05) is 18.2 Å². The lowest BCUT2D eigenvalue weighted by atomic mass is 10.2. The van der Waals surface area contributed by atoms with E-state index in [2.05, 4.69) is 0 Å². The SMILES string of the molecule is CN(C(=O)c1ccc(S(=O)(=O)N(C)CC2CCCO2)cc1)c1ccccc1.